The van der Waals surface area contributed by atoms with Crippen LogP contribution in [0.4, 0.5) is 5.13 Å². The fraction of sp³-hybridized carbons (Fsp3) is 0.667. The molecule has 0 aromatic carbocycles. The van der Waals surface area contributed by atoms with Gasteiger partial charge in [0.05, 0.1) is 16.3 Å². The summed E-state index contributed by atoms with van der Waals surface area (Å²) in [4.78, 5) is 18.2. The van der Waals surface area contributed by atoms with Crippen LogP contribution in [0.2, 0.25) is 0 Å². The van der Waals surface area contributed by atoms with E-state index in [1.54, 1.807) is 11.3 Å². The molecule has 1 fully saturated rings. The van der Waals surface area contributed by atoms with Gasteiger partial charge in [0.2, 0.25) is 5.91 Å². The van der Waals surface area contributed by atoms with Crippen LogP contribution in [0, 0.1) is 12.8 Å². The van der Waals surface area contributed by atoms with Crippen molar-refractivity contribution in [3.05, 3.63) is 5.69 Å². The summed E-state index contributed by atoms with van der Waals surface area (Å²) in [5.41, 5.74) is 7.39. The molecular formula is C15H24N6OS. The number of aromatic nitrogens is 3. The molecule has 1 atom stereocenters. The number of nitrogens with one attached hydrogen (secondary N) is 1. The number of fused-ring (bicyclic) bond motifs is 1. The first kappa shape index (κ1) is 16.2. The lowest BCUT2D eigenvalue weighted by Crippen LogP contribution is -2.41. The van der Waals surface area contributed by atoms with Crippen LogP contribution in [0.5, 0.6) is 0 Å². The number of likely N-dealkylation sites (tertiary alicyclic amines) is 1. The molecule has 8 heteroatoms. The van der Waals surface area contributed by atoms with Gasteiger partial charge in [0.25, 0.3) is 0 Å². The minimum absolute atomic E-state index is 0.0245. The number of aryl methyl sites for hydroxylation is 2. The van der Waals surface area contributed by atoms with Crippen molar-refractivity contribution in [1.29, 1.82) is 0 Å². The topological polar surface area (TPSA) is 89.1 Å². The molecule has 1 aliphatic rings. The van der Waals surface area contributed by atoms with Gasteiger partial charge in [0.1, 0.15) is 0 Å². The molecule has 0 bridgehead atoms. The van der Waals surface area contributed by atoms with Crippen LogP contribution >= 0.6 is 11.3 Å². The minimum Gasteiger partial charge on any atom is -0.369 e. The van der Waals surface area contributed by atoms with Gasteiger partial charge < -0.3 is 16.0 Å². The van der Waals surface area contributed by atoms with Crippen molar-refractivity contribution in [1.82, 2.24) is 19.7 Å². The molecule has 0 saturated carbocycles. The molecule has 3 rings (SSSR count). The summed E-state index contributed by atoms with van der Waals surface area (Å²) in [7, 11) is 1.92. The zero-order valence-corrected chi connectivity index (χ0v) is 14.5. The van der Waals surface area contributed by atoms with E-state index >= 15 is 0 Å². The SMILES string of the molecule is Cc1nn(C)c2nc(NCCCN3CCCC(C(N)=O)C3)sc12. The molecule has 0 spiro atoms. The highest BCUT2D eigenvalue weighted by Gasteiger charge is 2.23. The van der Waals surface area contributed by atoms with Crippen LogP contribution in [0.15, 0.2) is 0 Å². The van der Waals surface area contributed by atoms with Crippen molar-refractivity contribution in [3.63, 3.8) is 0 Å². The van der Waals surface area contributed by atoms with Crippen molar-refractivity contribution >= 4 is 32.7 Å². The summed E-state index contributed by atoms with van der Waals surface area (Å²) in [6.07, 6.45) is 3.02. The smallest absolute Gasteiger partial charge is 0.221 e. The van der Waals surface area contributed by atoms with E-state index in [1.165, 1.54) is 0 Å². The zero-order valence-electron chi connectivity index (χ0n) is 13.7. The molecule has 1 saturated heterocycles. The number of nitrogens with two attached hydrogens (primary N) is 1. The lowest BCUT2D eigenvalue weighted by Gasteiger charge is -2.31. The molecule has 23 heavy (non-hydrogen) atoms. The summed E-state index contributed by atoms with van der Waals surface area (Å²) in [5, 5.41) is 8.71. The second kappa shape index (κ2) is 6.84. The number of rotatable bonds is 6. The van der Waals surface area contributed by atoms with Gasteiger partial charge in [-0.2, -0.15) is 5.10 Å². The molecule has 1 unspecified atom stereocenters. The second-order valence-corrected chi connectivity index (χ2v) is 7.20. The third-order valence-electron chi connectivity index (χ3n) is 4.38. The van der Waals surface area contributed by atoms with E-state index < -0.39 is 0 Å². The average molecular weight is 336 g/mol. The Labute approximate surface area is 139 Å². The molecule has 2 aromatic rings. The van der Waals surface area contributed by atoms with E-state index in [2.05, 4.69) is 20.3 Å². The van der Waals surface area contributed by atoms with Gasteiger partial charge in [-0.05, 0) is 39.3 Å². The number of anilines is 1. The Balaban J connectivity index is 1.45. The second-order valence-electron chi connectivity index (χ2n) is 6.20. The number of amides is 1. The quantitative estimate of drug-likeness (QED) is 0.777. The van der Waals surface area contributed by atoms with E-state index in [-0.39, 0.29) is 11.8 Å². The van der Waals surface area contributed by atoms with Crippen LogP contribution < -0.4 is 11.1 Å². The molecule has 0 aliphatic carbocycles. The molecule has 126 valence electrons. The highest BCUT2D eigenvalue weighted by atomic mass is 32.1. The van der Waals surface area contributed by atoms with Crippen molar-refractivity contribution in [3.8, 4) is 0 Å². The maximum atomic E-state index is 11.3. The van der Waals surface area contributed by atoms with E-state index in [0.29, 0.717) is 0 Å². The Morgan fingerprint density at radius 3 is 3.09 bits per heavy atom. The summed E-state index contributed by atoms with van der Waals surface area (Å²) < 4.78 is 2.97. The van der Waals surface area contributed by atoms with Crippen molar-refractivity contribution in [2.24, 2.45) is 18.7 Å². The molecule has 3 heterocycles. The number of piperidine rings is 1. The van der Waals surface area contributed by atoms with Gasteiger partial charge in [0.15, 0.2) is 10.8 Å². The number of hydrogen-bond acceptors (Lipinski definition) is 6. The Bertz CT molecular complexity index is 659. The highest BCUT2D eigenvalue weighted by Crippen LogP contribution is 2.27. The predicted molar refractivity (Wildman–Crippen MR) is 92.6 cm³/mol. The Kier molecular flexibility index (Phi) is 4.82. The van der Waals surface area contributed by atoms with Crippen molar-refractivity contribution < 1.29 is 4.79 Å². The monoisotopic (exact) mass is 336 g/mol. The molecular weight excluding hydrogens is 312 g/mol. The summed E-state index contributed by atoms with van der Waals surface area (Å²) in [5.74, 6) is -0.136. The number of carbonyl (C=O) groups is 1. The van der Waals surface area contributed by atoms with E-state index in [1.807, 2.05) is 18.7 Å². The normalized spacial score (nSPS) is 19.3. The van der Waals surface area contributed by atoms with Gasteiger partial charge in [0, 0.05) is 20.1 Å². The number of nitrogens with zero attached hydrogens (tertiary/aromatic N) is 4. The Hall–Kier alpha value is -1.67. The summed E-state index contributed by atoms with van der Waals surface area (Å²) >= 11 is 1.65. The molecule has 0 radical (unpaired) electrons. The molecule has 3 N–H and O–H groups in total. The summed E-state index contributed by atoms with van der Waals surface area (Å²) in [6.45, 7) is 5.75. The number of primary amides is 1. The lowest BCUT2D eigenvalue weighted by atomic mass is 9.97. The lowest BCUT2D eigenvalue weighted by molar-refractivity contribution is -0.123. The fourth-order valence-corrected chi connectivity index (χ4v) is 4.11. The van der Waals surface area contributed by atoms with Gasteiger partial charge >= 0.3 is 0 Å². The number of carbonyl (C=O) groups excluding carboxylic acids is 1. The average Bonchev–Trinajstić information content (AvgIpc) is 3.06. The van der Waals surface area contributed by atoms with E-state index in [9.17, 15) is 4.79 Å². The van der Waals surface area contributed by atoms with Crippen molar-refractivity contribution in [2.45, 2.75) is 26.2 Å². The first-order chi connectivity index (χ1) is 11.0. The fourth-order valence-electron chi connectivity index (χ4n) is 3.15. The third kappa shape index (κ3) is 3.64. The van der Waals surface area contributed by atoms with E-state index in [0.717, 1.165) is 66.6 Å². The largest absolute Gasteiger partial charge is 0.369 e. The highest BCUT2D eigenvalue weighted by molar-refractivity contribution is 7.22. The van der Waals surface area contributed by atoms with E-state index in [4.69, 9.17) is 5.73 Å². The van der Waals surface area contributed by atoms with Crippen LogP contribution in [0.1, 0.15) is 25.0 Å². The van der Waals surface area contributed by atoms with Gasteiger partial charge in [-0.3, -0.25) is 4.79 Å². The standard InChI is InChI=1S/C15H24N6OS/c1-10-12-14(20(2)19-10)18-15(23-12)17-6-4-8-21-7-3-5-11(9-21)13(16)22/h11H,3-9H2,1-2H3,(H2,16,22)(H,17,18). The number of thiazole rings is 1. The van der Waals surface area contributed by atoms with Crippen LogP contribution in [-0.4, -0.2) is 51.8 Å². The first-order valence-corrected chi connectivity index (χ1v) is 8.92. The number of hydrogen-bond donors (Lipinski definition) is 2. The third-order valence-corrected chi connectivity index (χ3v) is 5.49. The predicted octanol–water partition coefficient (Wildman–Crippen LogP) is 1.34. The van der Waals surface area contributed by atoms with Gasteiger partial charge in [-0.1, -0.05) is 11.3 Å². The minimum atomic E-state index is -0.161. The van der Waals surface area contributed by atoms with Gasteiger partial charge in [-0.15, -0.1) is 0 Å². The van der Waals surface area contributed by atoms with Crippen LogP contribution in [0.3, 0.4) is 0 Å². The molecule has 7 nitrogen and oxygen atoms in total. The van der Waals surface area contributed by atoms with Crippen LogP contribution in [0.25, 0.3) is 10.3 Å². The maximum Gasteiger partial charge on any atom is 0.221 e. The summed E-state index contributed by atoms with van der Waals surface area (Å²) in [6, 6.07) is 0. The van der Waals surface area contributed by atoms with Gasteiger partial charge in [-0.25, -0.2) is 9.67 Å². The van der Waals surface area contributed by atoms with Crippen molar-refractivity contribution in [2.75, 3.05) is 31.5 Å². The molecule has 1 amide bonds. The zero-order chi connectivity index (χ0) is 16.4. The first-order valence-electron chi connectivity index (χ1n) is 8.10. The molecule has 2 aromatic heterocycles. The molecule has 1 aliphatic heterocycles. The Morgan fingerprint density at radius 1 is 1.52 bits per heavy atom. The maximum absolute atomic E-state index is 11.3. The van der Waals surface area contributed by atoms with Crippen LogP contribution in [-0.2, 0) is 11.8 Å². The Morgan fingerprint density at radius 2 is 2.35 bits per heavy atom.